The van der Waals surface area contributed by atoms with E-state index in [1.807, 2.05) is 38.9 Å². The van der Waals surface area contributed by atoms with Crippen molar-refractivity contribution in [3.8, 4) is 0 Å². The Bertz CT molecular complexity index is 444. The molecule has 0 saturated heterocycles. The number of hydrogen-bond donors (Lipinski definition) is 2. The minimum absolute atomic E-state index is 0.115. The van der Waals surface area contributed by atoms with Crippen LogP contribution in [0.3, 0.4) is 0 Å². The lowest BCUT2D eigenvalue weighted by Gasteiger charge is -2.24. The van der Waals surface area contributed by atoms with Gasteiger partial charge >= 0.3 is 0 Å². The van der Waals surface area contributed by atoms with Gasteiger partial charge in [-0.2, -0.15) is 0 Å². The predicted molar refractivity (Wildman–Crippen MR) is 77.2 cm³/mol. The van der Waals surface area contributed by atoms with Gasteiger partial charge in [-0.3, -0.25) is 4.79 Å². The molecule has 3 N–H and O–H groups in total. The zero-order valence-electron chi connectivity index (χ0n) is 11.2. The number of anilines is 2. The summed E-state index contributed by atoms with van der Waals surface area (Å²) in [4.78, 5) is 14.0. The number of nitrogens with one attached hydrogen (secondary N) is 1. The van der Waals surface area contributed by atoms with Crippen LogP contribution in [0.25, 0.3) is 0 Å². The third-order valence-corrected chi connectivity index (χ3v) is 3.11. The Hall–Kier alpha value is -1.26. The molecule has 0 spiro atoms. The van der Waals surface area contributed by atoms with Gasteiger partial charge in [0.2, 0.25) is 5.91 Å². The van der Waals surface area contributed by atoms with Crippen molar-refractivity contribution in [1.29, 1.82) is 0 Å². The van der Waals surface area contributed by atoms with Crippen molar-refractivity contribution in [2.75, 3.05) is 30.9 Å². The van der Waals surface area contributed by atoms with Crippen LogP contribution in [0.1, 0.15) is 13.8 Å². The van der Waals surface area contributed by atoms with Crippen molar-refractivity contribution in [3.63, 3.8) is 0 Å². The van der Waals surface area contributed by atoms with E-state index in [1.54, 1.807) is 12.1 Å². The standard InChI is InChI=1S/C13H20ClN3O/c1-13(2,8-15)12(18)16-10-7-5-6-9(14)11(10)17(3)4/h5-7H,8,15H2,1-4H3,(H,16,18). The molecule has 100 valence electrons. The molecule has 0 bridgehead atoms. The van der Waals surface area contributed by atoms with Gasteiger partial charge in [-0.15, -0.1) is 0 Å². The van der Waals surface area contributed by atoms with E-state index in [0.29, 0.717) is 10.7 Å². The van der Waals surface area contributed by atoms with Crippen LogP contribution in [0.2, 0.25) is 5.02 Å². The van der Waals surface area contributed by atoms with E-state index in [1.165, 1.54) is 0 Å². The summed E-state index contributed by atoms with van der Waals surface area (Å²) in [5, 5.41) is 3.48. The van der Waals surface area contributed by atoms with Crippen LogP contribution in [0.4, 0.5) is 11.4 Å². The van der Waals surface area contributed by atoms with Crippen molar-refractivity contribution in [1.82, 2.24) is 0 Å². The lowest BCUT2D eigenvalue weighted by atomic mass is 9.92. The molecule has 0 aliphatic carbocycles. The van der Waals surface area contributed by atoms with Crippen LogP contribution < -0.4 is 16.0 Å². The topological polar surface area (TPSA) is 58.4 Å². The summed E-state index contributed by atoms with van der Waals surface area (Å²) in [7, 11) is 3.76. The zero-order valence-corrected chi connectivity index (χ0v) is 12.0. The van der Waals surface area contributed by atoms with E-state index in [-0.39, 0.29) is 12.5 Å². The van der Waals surface area contributed by atoms with Crippen LogP contribution in [0.5, 0.6) is 0 Å². The normalized spacial score (nSPS) is 11.2. The molecule has 0 aliphatic rings. The Morgan fingerprint density at radius 1 is 1.44 bits per heavy atom. The van der Waals surface area contributed by atoms with E-state index in [2.05, 4.69) is 5.32 Å². The Morgan fingerprint density at radius 3 is 2.56 bits per heavy atom. The number of hydrogen-bond acceptors (Lipinski definition) is 3. The quantitative estimate of drug-likeness (QED) is 0.882. The molecule has 0 atom stereocenters. The Morgan fingerprint density at radius 2 is 2.06 bits per heavy atom. The molecule has 18 heavy (non-hydrogen) atoms. The van der Waals surface area contributed by atoms with Gasteiger partial charge in [-0.25, -0.2) is 0 Å². The molecule has 0 aliphatic heterocycles. The molecule has 0 heterocycles. The first-order valence-electron chi connectivity index (χ1n) is 5.77. The van der Waals surface area contributed by atoms with Crippen molar-refractivity contribution in [2.45, 2.75) is 13.8 Å². The average molecular weight is 270 g/mol. The lowest BCUT2D eigenvalue weighted by molar-refractivity contribution is -0.123. The van der Waals surface area contributed by atoms with Crippen LogP contribution >= 0.6 is 11.6 Å². The molecule has 1 amide bonds. The maximum Gasteiger partial charge on any atom is 0.231 e. The fourth-order valence-corrected chi connectivity index (χ4v) is 1.80. The highest BCUT2D eigenvalue weighted by molar-refractivity contribution is 6.34. The molecule has 1 aromatic rings. The second kappa shape index (κ2) is 5.59. The van der Waals surface area contributed by atoms with Crippen LogP contribution in [-0.2, 0) is 4.79 Å². The zero-order chi connectivity index (χ0) is 13.9. The number of rotatable bonds is 4. The third-order valence-electron chi connectivity index (χ3n) is 2.81. The summed E-state index contributed by atoms with van der Waals surface area (Å²) in [5.41, 5.74) is 6.47. The number of para-hydroxylation sites is 1. The minimum Gasteiger partial charge on any atom is -0.375 e. The predicted octanol–water partition coefficient (Wildman–Crippen LogP) is 2.33. The number of carbonyl (C=O) groups excluding carboxylic acids is 1. The first-order valence-corrected chi connectivity index (χ1v) is 6.14. The maximum atomic E-state index is 12.1. The maximum absolute atomic E-state index is 12.1. The van der Waals surface area contributed by atoms with Gasteiger partial charge in [0, 0.05) is 20.6 Å². The van der Waals surface area contributed by atoms with Gasteiger partial charge in [0.1, 0.15) is 0 Å². The Kier molecular flexibility index (Phi) is 4.59. The molecule has 5 heteroatoms. The average Bonchev–Trinajstić information content (AvgIpc) is 2.28. The van der Waals surface area contributed by atoms with Crippen molar-refractivity contribution < 1.29 is 4.79 Å². The minimum atomic E-state index is -0.605. The highest BCUT2D eigenvalue weighted by atomic mass is 35.5. The molecule has 1 rings (SSSR count). The van der Waals surface area contributed by atoms with Gasteiger partial charge in [0.15, 0.2) is 0 Å². The molecule has 0 unspecified atom stereocenters. The Balaban J connectivity index is 3.06. The summed E-state index contributed by atoms with van der Waals surface area (Å²) < 4.78 is 0. The van der Waals surface area contributed by atoms with Crippen LogP contribution in [0, 0.1) is 5.41 Å². The van der Waals surface area contributed by atoms with Gasteiger partial charge in [-0.05, 0) is 26.0 Å². The van der Waals surface area contributed by atoms with Crippen LogP contribution in [0.15, 0.2) is 18.2 Å². The van der Waals surface area contributed by atoms with E-state index in [0.717, 1.165) is 5.69 Å². The van der Waals surface area contributed by atoms with E-state index >= 15 is 0 Å². The number of halogens is 1. The summed E-state index contributed by atoms with van der Waals surface area (Å²) in [5.74, 6) is -0.115. The molecular weight excluding hydrogens is 250 g/mol. The SMILES string of the molecule is CN(C)c1c(Cl)cccc1NC(=O)C(C)(C)CN. The number of benzene rings is 1. The van der Waals surface area contributed by atoms with Crippen LogP contribution in [-0.4, -0.2) is 26.5 Å². The van der Waals surface area contributed by atoms with Gasteiger partial charge in [-0.1, -0.05) is 17.7 Å². The highest BCUT2D eigenvalue weighted by Gasteiger charge is 2.26. The fourth-order valence-electron chi connectivity index (χ4n) is 1.45. The Labute approximate surface area is 113 Å². The molecule has 0 fully saturated rings. The first-order chi connectivity index (χ1) is 8.29. The van der Waals surface area contributed by atoms with E-state index in [9.17, 15) is 4.79 Å². The van der Waals surface area contributed by atoms with Crippen molar-refractivity contribution >= 4 is 28.9 Å². The molecule has 4 nitrogen and oxygen atoms in total. The largest absolute Gasteiger partial charge is 0.375 e. The summed E-state index contributed by atoms with van der Waals surface area (Å²) in [6.07, 6.45) is 0. The van der Waals surface area contributed by atoms with E-state index in [4.69, 9.17) is 17.3 Å². The summed E-state index contributed by atoms with van der Waals surface area (Å²) in [6, 6.07) is 5.42. The lowest BCUT2D eigenvalue weighted by Crippen LogP contribution is -2.37. The molecule has 0 radical (unpaired) electrons. The van der Waals surface area contributed by atoms with Gasteiger partial charge in [0.05, 0.1) is 21.8 Å². The first kappa shape index (κ1) is 14.8. The molecule has 0 saturated carbocycles. The molecule has 1 aromatic carbocycles. The second-order valence-corrected chi connectivity index (χ2v) is 5.48. The van der Waals surface area contributed by atoms with Gasteiger partial charge in [0.25, 0.3) is 0 Å². The molecule has 0 aromatic heterocycles. The number of nitrogens with zero attached hydrogens (tertiary/aromatic N) is 1. The highest BCUT2D eigenvalue weighted by Crippen LogP contribution is 2.33. The van der Waals surface area contributed by atoms with Crippen molar-refractivity contribution in [2.24, 2.45) is 11.1 Å². The van der Waals surface area contributed by atoms with Crippen molar-refractivity contribution in [3.05, 3.63) is 23.2 Å². The fraction of sp³-hybridized carbons (Fsp3) is 0.462. The van der Waals surface area contributed by atoms with Gasteiger partial charge < -0.3 is 16.0 Å². The third kappa shape index (κ3) is 3.15. The summed E-state index contributed by atoms with van der Waals surface area (Å²) in [6.45, 7) is 3.90. The number of nitrogens with two attached hydrogens (primary N) is 1. The second-order valence-electron chi connectivity index (χ2n) is 5.07. The monoisotopic (exact) mass is 269 g/mol. The molecular formula is C13H20ClN3O. The van der Waals surface area contributed by atoms with E-state index < -0.39 is 5.41 Å². The smallest absolute Gasteiger partial charge is 0.231 e. The number of carbonyl (C=O) groups is 1. The number of amides is 1. The summed E-state index contributed by atoms with van der Waals surface area (Å²) >= 11 is 6.14.